The van der Waals surface area contributed by atoms with E-state index in [1.165, 1.54) is 12.5 Å². The second kappa shape index (κ2) is 13.4. The first-order chi connectivity index (χ1) is 19.7. The average Bonchev–Trinajstić information content (AvgIpc) is 3.49. The van der Waals surface area contributed by atoms with Gasteiger partial charge in [-0.3, -0.25) is 4.79 Å². The Morgan fingerprint density at radius 1 is 0.775 bits per heavy atom. The molecule has 5 rings (SSSR count). The molecule has 1 amide bonds. The highest BCUT2D eigenvalue weighted by Gasteiger charge is 2.08. The van der Waals surface area contributed by atoms with E-state index in [-0.39, 0.29) is 12.6 Å². The van der Waals surface area contributed by atoms with Gasteiger partial charge < -0.3 is 14.2 Å². The van der Waals surface area contributed by atoms with Gasteiger partial charge in [0, 0.05) is 11.6 Å². The van der Waals surface area contributed by atoms with E-state index in [1.54, 1.807) is 4.68 Å². The smallest absolute Gasteiger partial charge is 0.336 e. The van der Waals surface area contributed by atoms with Crippen LogP contribution in [0.2, 0.25) is 0 Å². The van der Waals surface area contributed by atoms with Crippen LogP contribution in [0.3, 0.4) is 0 Å². The number of benzene rings is 4. The monoisotopic (exact) mass is 533 g/mol. The Balaban J connectivity index is 1.19. The second-order valence-corrected chi connectivity index (χ2v) is 8.68. The summed E-state index contributed by atoms with van der Waals surface area (Å²) in [6.07, 6.45) is 3.04. The Bertz CT molecular complexity index is 1480. The van der Waals surface area contributed by atoms with E-state index in [0.29, 0.717) is 30.3 Å². The number of aromatic nitrogens is 3. The maximum atomic E-state index is 12.3. The summed E-state index contributed by atoms with van der Waals surface area (Å²) < 4.78 is 19.0. The summed E-state index contributed by atoms with van der Waals surface area (Å²) in [5, 5.41) is 8.28. The molecule has 0 unspecified atom stereocenters. The molecule has 1 aromatic heterocycles. The SMILES string of the molecule is O=C(COc1ncn(-c2ccccc2)n1)NN=Cc1cc(OCc2ccccc2)cc(OCc2ccccc2)c1. The Morgan fingerprint density at radius 2 is 1.35 bits per heavy atom. The third-order valence-corrected chi connectivity index (χ3v) is 5.63. The molecule has 4 aromatic carbocycles. The molecule has 1 N–H and O–H groups in total. The molecule has 0 aliphatic rings. The zero-order valence-electron chi connectivity index (χ0n) is 21.6. The van der Waals surface area contributed by atoms with Crippen LogP contribution in [0, 0.1) is 0 Å². The van der Waals surface area contributed by atoms with Crippen molar-refractivity contribution >= 4 is 12.1 Å². The van der Waals surface area contributed by atoms with Crippen molar-refractivity contribution in [3.05, 3.63) is 132 Å². The summed E-state index contributed by atoms with van der Waals surface area (Å²) >= 11 is 0. The molecule has 0 saturated heterocycles. The Hall–Kier alpha value is -5.44. The van der Waals surface area contributed by atoms with Crippen LogP contribution in [-0.4, -0.2) is 33.5 Å². The number of amides is 1. The minimum atomic E-state index is -0.454. The summed E-state index contributed by atoms with van der Waals surface area (Å²) in [7, 11) is 0. The summed E-state index contributed by atoms with van der Waals surface area (Å²) in [5.41, 5.74) is 6.07. The van der Waals surface area contributed by atoms with E-state index in [9.17, 15) is 4.79 Å². The van der Waals surface area contributed by atoms with E-state index >= 15 is 0 Å². The highest BCUT2D eigenvalue weighted by molar-refractivity contribution is 5.83. The quantitative estimate of drug-likeness (QED) is 0.180. The maximum absolute atomic E-state index is 12.3. The number of rotatable bonds is 12. The minimum absolute atomic E-state index is 0.0893. The lowest BCUT2D eigenvalue weighted by atomic mass is 10.2. The predicted molar refractivity (Wildman–Crippen MR) is 151 cm³/mol. The van der Waals surface area contributed by atoms with E-state index in [0.717, 1.165) is 16.8 Å². The van der Waals surface area contributed by atoms with Crippen molar-refractivity contribution in [2.45, 2.75) is 13.2 Å². The second-order valence-electron chi connectivity index (χ2n) is 8.68. The molecule has 0 saturated carbocycles. The fraction of sp³-hybridized carbons (Fsp3) is 0.0968. The predicted octanol–water partition coefficient (Wildman–Crippen LogP) is 4.95. The standard InChI is InChI=1S/C31H27N5O4/c37-30(22-40-31-32-23-36(35-31)27-14-8-3-9-15-27)34-33-19-26-16-28(38-20-24-10-4-1-5-11-24)18-29(17-26)39-21-25-12-6-2-7-13-25/h1-19,23H,20-22H2,(H,34,37). The van der Waals surface area contributed by atoms with Crippen LogP contribution in [0.5, 0.6) is 17.5 Å². The molecule has 40 heavy (non-hydrogen) atoms. The van der Waals surface area contributed by atoms with Crippen LogP contribution >= 0.6 is 0 Å². The van der Waals surface area contributed by atoms with Gasteiger partial charge in [0.25, 0.3) is 5.91 Å². The van der Waals surface area contributed by atoms with Crippen molar-refractivity contribution in [3.63, 3.8) is 0 Å². The molecule has 200 valence electrons. The number of carbonyl (C=O) groups is 1. The zero-order valence-corrected chi connectivity index (χ0v) is 21.6. The third kappa shape index (κ3) is 7.78. The largest absolute Gasteiger partial charge is 0.489 e. The Morgan fingerprint density at radius 3 is 1.95 bits per heavy atom. The van der Waals surface area contributed by atoms with Crippen molar-refractivity contribution in [2.24, 2.45) is 5.10 Å². The number of hydrogen-bond acceptors (Lipinski definition) is 7. The van der Waals surface area contributed by atoms with Crippen molar-refractivity contribution in [1.82, 2.24) is 20.2 Å². The minimum Gasteiger partial charge on any atom is -0.489 e. The van der Waals surface area contributed by atoms with Crippen LogP contribution in [0.15, 0.2) is 121 Å². The molecule has 0 spiro atoms. The van der Waals surface area contributed by atoms with Crippen LogP contribution in [-0.2, 0) is 18.0 Å². The number of nitrogens with zero attached hydrogens (tertiary/aromatic N) is 4. The number of ether oxygens (including phenoxy) is 3. The van der Waals surface area contributed by atoms with Gasteiger partial charge >= 0.3 is 6.01 Å². The van der Waals surface area contributed by atoms with Crippen LogP contribution in [0.25, 0.3) is 5.69 Å². The van der Waals surface area contributed by atoms with Crippen molar-refractivity contribution < 1.29 is 19.0 Å². The molecule has 9 heteroatoms. The van der Waals surface area contributed by atoms with E-state index in [2.05, 4.69) is 20.6 Å². The molecule has 0 aliphatic carbocycles. The lowest BCUT2D eigenvalue weighted by Crippen LogP contribution is -2.24. The third-order valence-electron chi connectivity index (χ3n) is 5.63. The summed E-state index contributed by atoms with van der Waals surface area (Å²) in [4.78, 5) is 16.3. The first-order valence-electron chi connectivity index (χ1n) is 12.6. The first kappa shape index (κ1) is 26.2. The summed E-state index contributed by atoms with van der Waals surface area (Å²) in [6, 6.07) is 34.8. The normalized spacial score (nSPS) is 10.8. The molecular formula is C31H27N5O4. The first-order valence-corrected chi connectivity index (χ1v) is 12.6. The zero-order chi connectivity index (χ0) is 27.4. The van der Waals surface area contributed by atoms with Crippen molar-refractivity contribution in [1.29, 1.82) is 0 Å². The maximum Gasteiger partial charge on any atom is 0.336 e. The van der Waals surface area contributed by atoms with Gasteiger partial charge in [-0.05, 0) is 35.4 Å². The van der Waals surface area contributed by atoms with Gasteiger partial charge in [-0.15, -0.1) is 5.10 Å². The number of hydrogen-bond donors (Lipinski definition) is 1. The lowest BCUT2D eigenvalue weighted by molar-refractivity contribution is -0.123. The van der Waals surface area contributed by atoms with Crippen molar-refractivity contribution in [3.8, 4) is 23.2 Å². The summed E-state index contributed by atoms with van der Waals surface area (Å²) in [5.74, 6) is 0.778. The van der Waals surface area contributed by atoms with Crippen LogP contribution in [0.4, 0.5) is 0 Å². The average molecular weight is 534 g/mol. The van der Waals surface area contributed by atoms with E-state index in [4.69, 9.17) is 14.2 Å². The number of nitrogens with one attached hydrogen (secondary N) is 1. The van der Waals surface area contributed by atoms with Crippen LogP contribution < -0.4 is 19.6 Å². The Kier molecular flexibility index (Phi) is 8.76. The lowest BCUT2D eigenvalue weighted by Gasteiger charge is -2.11. The fourth-order valence-electron chi connectivity index (χ4n) is 3.68. The molecule has 0 radical (unpaired) electrons. The Labute approximate surface area is 231 Å². The van der Waals surface area contributed by atoms with Crippen molar-refractivity contribution in [2.75, 3.05) is 6.61 Å². The van der Waals surface area contributed by atoms with Gasteiger partial charge in [0.05, 0.1) is 11.9 Å². The number of carbonyl (C=O) groups excluding carboxylic acids is 1. The molecule has 9 nitrogen and oxygen atoms in total. The molecule has 0 aliphatic heterocycles. The molecule has 0 atom stereocenters. The van der Waals surface area contributed by atoms with E-state index < -0.39 is 5.91 Å². The van der Waals surface area contributed by atoms with Gasteiger partial charge in [0.1, 0.15) is 31.0 Å². The van der Waals surface area contributed by atoms with Gasteiger partial charge in [0.15, 0.2) is 6.61 Å². The van der Waals surface area contributed by atoms with E-state index in [1.807, 2.05) is 109 Å². The van der Waals surface area contributed by atoms with Gasteiger partial charge in [-0.1, -0.05) is 78.9 Å². The highest BCUT2D eigenvalue weighted by atomic mass is 16.5. The number of para-hydroxylation sites is 1. The van der Waals surface area contributed by atoms with Gasteiger partial charge in [0.2, 0.25) is 0 Å². The number of hydrazone groups is 1. The fourth-order valence-corrected chi connectivity index (χ4v) is 3.68. The van der Waals surface area contributed by atoms with Gasteiger partial charge in [-0.2, -0.15) is 10.1 Å². The molecule has 0 fully saturated rings. The highest BCUT2D eigenvalue weighted by Crippen LogP contribution is 2.24. The summed E-state index contributed by atoms with van der Waals surface area (Å²) in [6.45, 7) is 0.519. The molecular weight excluding hydrogens is 506 g/mol. The molecule has 5 aromatic rings. The topological polar surface area (TPSA) is 99.9 Å². The molecule has 0 bridgehead atoms. The van der Waals surface area contributed by atoms with Crippen LogP contribution in [0.1, 0.15) is 16.7 Å². The van der Waals surface area contributed by atoms with Gasteiger partial charge in [-0.25, -0.2) is 10.1 Å². The molecule has 1 heterocycles.